The molecule has 1 unspecified atom stereocenters. The Morgan fingerprint density at radius 3 is 2.72 bits per heavy atom. The third kappa shape index (κ3) is 3.79. The SMILES string of the molecule is C[C@@H]1CC(N[C@@H](CCO)c2cccs2)C[C@H](C)O1. The van der Waals surface area contributed by atoms with E-state index in [1.165, 1.54) is 4.88 Å². The largest absolute Gasteiger partial charge is 0.396 e. The van der Waals surface area contributed by atoms with Crippen molar-refractivity contribution in [3.05, 3.63) is 22.4 Å². The molecule has 0 amide bonds. The molecule has 0 spiro atoms. The summed E-state index contributed by atoms with van der Waals surface area (Å²) in [6.45, 7) is 4.50. The molecule has 4 heteroatoms. The zero-order valence-electron chi connectivity index (χ0n) is 11.1. The molecule has 0 aliphatic carbocycles. The topological polar surface area (TPSA) is 41.5 Å². The Bertz CT molecular complexity index is 332. The fourth-order valence-electron chi connectivity index (χ4n) is 2.75. The van der Waals surface area contributed by atoms with Crippen LogP contribution in [0.25, 0.3) is 0 Å². The van der Waals surface area contributed by atoms with Crippen LogP contribution < -0.4 is 5.32 Å². The lowest BCUT2D eigenvalue weighted by atomic mass is 9.98. The number of nitrogens with one attached hydrogen (secondary N) is 1. The van der Waals surface area contributed by atoms with Gasteiger partial charge in [-0.2, -0.15) is 0 Å². The summed E-state index contributed by atoms with van der Waals surface area (Å²) >= 11 is 1.76. The maximum atomic E-state index is 9.21. The lowest BCUT2D eigenvalue weighted by Gasteiger charge is -2.34. The molecule has 1 aliphatic rings. The van der Waals surface area contributed by atoms with Crippen LogP contribution in [-0.4, -0.2) is 30.0 Å². The molecule has 0 bridgehead atoms. The van der Waals surface area contributed by atoms with Crippen molar-refractivity contribution >= 4 is 11.3 Å². The highest BCUT2D eigenvalue weighted by Crippen LogP contribution is 2.26. The third-order valence-corrected chi connectivity index (χ3v) is 4.42. The summed E-state index contributed by atoms with van der Waals surface area (Å²) in [6.07, 6.45) is 3.53. The molecule has 2 rings (SSSR count). The molecule has 1 aromatic rings. The van der Waals surface area contributed by atoms with Gasteiger partial charge in [0.25, 0.3) is 0 Å². The van der Waals surface area contributed by atoms with Crippen LogP contribution in [0.5, 0.6) is 0 Å². The molecule has 1 saturated heterocycles. The van der Waals surface area contributed by atoms with Gasteiger partial charge in [-0.15, -0.1) is 11.3 Å². The van der Waals surface area contributed by atoms with Gasteiger partial charge in [-0.25, -0.2) is 0 Å². The average Bonchev–Trinajstić information content (AvgIpc) is 2.80. The number of hydrogen-bond donors (Lipinski definition) is 2. The highest BCUT2D eigenvalue weighted by atomic mass is 32.1. The Morgan fingerprint density at radius 1 is 1.44 bits per heavy atom. The maximum Gasteiger partial charge on any atom is 0.0565 e. The first kappa shape index (κ1) is 14.0. The van der Waals surface area contributed by atoms with Crippen LogP contribution >= 0.6 is 11.3 Å². The highest BCUT2D eigenvalue weighted by Gasteiger charge is 2.26. The summed E-state index contributed by atoms with van der Waals surface area (Å²) in [4.78, 5) is 1.32. The second-order valence-corrected chi connectivity index (χ2v) is 6.15. The molecular weight excluding hydrogens is 246 g/mol. The predicted octanol–water partition coefficient (Wildman–Crippen LogP) is 2.72. The summed E-state index contributed by atoms with van der Waals surface area (Å²) in [7, 11) is 0. The lowest BCUT2D eigenvalue weighted by molar-refractivity contribution is -0.0438. The van der Waals surface area contributed by atoms with E-state index in [2.05, 4.69) is 36.7 Å². The van der Waals surface area contributed by atoms with Crippen LogP contribution in [-0.2, 0) is 4.74 Å². The van der Waals surface area contributed by atoms with Crippen molar-refractivity contribution in [1.82, 2.24) is 5.32 Å². The Labute approximate surface area is 113 Å². The Balaban J connectivity index is 1.96. The molecule has 0 radical (unpaired) electrons. The molecule has 1 aromatic heterocycles. The summed E-state index contributed by atoms with van der Waals surface area (Å²) in [6, 6.07) is 4.98. The second-order valence-electron chi connectivity index (χ2n) is 5.17. The monoisotopic (exact) mass is 269 g/mol. The van der Waals surface area contributed by atoms with Gasteiger partial charge >= 0.3 is 0 Å². The normalized spacial score (nSPS) is 30.3. The number of ether oxygens (including phenoxy) is 1. The van der Waals surface area contributed by atoms with Crippen LogP contribution in [0.1, 0.15) is 44.0 Å². The van der Waals surface area contributed by atoms with E-state index in [0.717, 1.165) is 19.3 Å². The van der Waals surface area contributed by atoms with Crippen molar-refractivity contribution in [2.24, 2.45) is 0 Å². The first-order chi connectivity index (χ1) is 8.69. The van der Waals surface area contributed by atoms with E-state index in [1.807, 2.05) is 0 Å². The number of aliphatic hydroxyl groups excluding tert-OH is 1. The molecule has 3 nitrogen and oxygen atoms in total. The first-order valence-corrected chi connectivity index (χ1v) is 7.62. The minimum atomic E-state index is 0.226. The molecule has 4 atom stereocenters. The molecule has 102 valence electrons. The summed E-state index contributed by atoms with van der Waals surface area (Å²) < 4.78 is 5.76. The smallest absolute Gasteiger partial charge is 0.0565 e. The van der Waals surface area contributed by atoms with E-state index < -0.39 is 0 Å². The first-order valence-electron chi connectivity index (χ1n) is 6.74. The fraction of sp³-hybridized carbons (Fsp3) is 0.714. The highest BCUT2D eigenvalue weighted by molar-refractivity contribution is 7.10. The number of thiophene rings is 1. The van der Waals surface area contributed by atoms with Crippen molar-refractivity contribution in [3.63, 3.8) is 0 Å². The van der Waals surface area contributed by atoms with Crippen LogP contribution in [0.4, 0.5) is 0 Å². The molecule has 18 heavy (non-hydrogen) atoms. The lowest BCUT2D eigenvalue weighted by Crippen LogP contribution is -2.42. The van der Waals surface area contributed by atoms with Crippen molar-refractivity contribution in [3.8, 4) is 0 Å². The van der Waals surface area contributed by atoms with E-state index in [1.54, 1.807) is 11.3 Å². The van der Waals surface area contributed by atoms with E-state index in [0.29, 0.717) is 18.2 Å². The van der Waals surface area contributed by atoms with Crippen LogP contribution in [0, 0.1) is 0 Å². The van der Waals surface area contributed by atoms with Gasteiger partial charge in [0.2, 0.25) is 0 Å². The van der Waals surface area contributed by atoms with E-state index in [9.17, 15) is 5.11 Å². The number of aliphatic hydroxyl groups is 1. The van der Waals surface area contributed by atoms with Gasteiger partial charge in [0.1, 0.15) is 0 Å². The Hall–Kier alpha value is -0.420. The van der Waals surface area contributed by atoms with Crippen LogP contribution in [0.15, 0.2) is 17.5 Å². The molecule has 1 fully saturated rings. The Kier molecular flexibility index (Phi) is 5.18. The third-order valence-electron chi connectivity index (χ3n) is 3.44. The number of rotatable bonds is 5. The van der Waals surface area contributed by atoms with E-state index >= 15 is 0 Å². The van der Waals surface area contributed by atoms with Gasteiger partial charge in [-0.05, 0) is 44.6 Å². The van der Waals surface area contributed by atoms with Crippen molar-refractivity contribution < 1.29 is 9.84 Å². The van der Waals surface area contributed by atoms with E-state index in [-0.39, 0.29) is 12.6 Å². The second kappa shape index (κ2) is 6.66. The van der Waals surface area contributed by atoms with Crippen LogP contribution in [0.3, 0.4) is 0 Å². The van der Waals surface area contributed by atoms with Crippen LogP contribution in [0.2, 0.25) is 0 Å². The number of hydrogen-bond acceptors (Lipinski definition) is 4. The van der Waals surface area contributed by atoms with Crippen molar-refractivity contribution in [2.45, 2.75) is 57.4 Å². The molecule has 0 aromatic carbocycles. The van der Waals surface area contributed by atoms with Gasteiger partial charge in [-0.3, -0.25) is 0 Å². The standard InChI is InChI=1S/C14H23NO2S/c1-10-8-12(9-11(2)17-10)15-13(5-6-16)14-4-3-7-18-14/h3-4,7,10-13,15-16H,5-6,8-9H2,1-2H3/t10-,11+,12?,13-/m0/s1. The predicted molar refractivity (Wildman–Crippen MR) is 74.9 cm³/mol. The van der Waals surface area contributed by atoms with Gasteiger partial charge in [-0.1, -0.05) is 6.07 Å². The van der Waals surface area contributed by atoms with Crippen molar-refractivity contribution in [2.75, 3.05) is 6.61 Å². The quantitative estimate of drug-likeness (QED) is 0.863. The molecule has 2 heterocycles. The molecular formula is C14H23NO2S. The van der Waals surface area contributed by atoms with Gasteiger partial charge in [0.15, 0.2) is 0 Å². The fourth-order valence-corrected chi connectivity index (χ4v) is 3.57. The van der Waals surface area contributed by atoms with E-state index in [4.69, 9.17) is 4.74 Å². The Morgan fingerprint density at radius 2 is 2.17 bits per heavy atom. The zero-order valence-corrected chi connectivity index (χ0v) is 12.0. The summed E-state index contributed by atoms with van der Waals surface area (Å²) in [5.41, 5.74) is 0. The molecule has 2 N–H and O–H groups in total. The maximum absolute atomic E-state index is 9.21. The summed E-state index contributed by atoms with van der Waals surface area (Å²) in [5, 5.41) is 15.0. The minimum absolute atomic E-state index is 0.226. The van der Waals surface area contributed by atoms with Gasteiger partial charge < -0.3 is 15.2 Å². The summed E-state index contributed by atoms with van der Waals surface area (Å²) in [5.74, 6) is 0. The van der Waals surface area contributed by atoms with Crippen molar-refractivity contribution in [1.29, 1.82) is 0 Å². The molecule has 0 saturated carbocycles. The zero-order chi connectivity index (χ0) is 13.0. The average molecular weight is 269 g/mol. The van der Waals surface area contributed by atoms with Gasteiger partial charge in [0.05, 0.1) is 12.2 Å². The van der Waals surface area contributed by atoms with Gasteiger partial charge in [0, 0.05) is 23.6 Å². The minimum Gasteiger partial charge on any atom is -0.396 e. The molecule has 1 aliphatic heterocycles.